The van der Waals surface area contributed by atoms with Crippen molar-refractivity contribution in [3.63, 3.8) is 0 Å². The van der Waals surface area contributed by atoms with Crippen LogP contribution >= 0.6 is 0 Å². The van der Waals surface area contributed by atoms with Crippen LogP contribution in [0.2, 0.25) is 0 Å². The van der Waals surface area contributed by atoms with Gasteiger partial charge >= 0.3 is 0 Å². The molecule has 0 aromatic rings. The summed E-state index contributed by atoms with van der Waals surface area (Å²) in [6.07, 6.45) is 10.7. The highest BCUT2D eigenvalue weighted by molar-refractivity contribution is 4.97. The van der Waals surface area contributed by atoms with E-state index in [1.54, 1.807) is 0 Å². The molecule has 94 valence electrons. The third kappa shape index (κ3) is 2.78. The van der Waals surface area contributed by atoms with Crippen molar-refractivity contribution in [3.8, 4) is 0 Å². The summed E-state index contributed by atoms with van der Waals surface area (Å²) < 4.78 is 0. The molecule has 0 aliphatic heterocycles. The molecular formula is C14H28N2. The molecule has 0 saturated heterocycles. The van der Waals surface area contributed by atoms with E-state index in [1.165, 1.54) is 51.4 Å². The second-order valence-corrected chi connectivity index (χ2v) is 6.79. The number of hydrogen-bond donors (Lipinski definition) is 2. The lowest BCUT2D eigenvalue weighted by Gasteiger charge is -2.40. The van der Waals surface area contributed by atoms with Crippen LogP contribution in [0.3, 0.4) is 0 Å². The van der Waals surface area contributed by atoms with Gasteiger partial charge in [-0.15, -0.1) is 0 Å². The van der Waals surface area contributed by atoms with Gasteiger partial charge in [0.2, 0.25) is 0 Å². The molecule has 2 rings (SSSR count). The predicted octanol–water partition coefficient (Wildman–Crippen LogP) is 2.82. The van der Waals surface area contributed by atoms with Gasteiger partial charge in [0.15, 0.2) is 0 Å². The Morgan fingerprint density at radius 1 is 1.12 bits per heavy atom. The fourth-order valence-corrected chi connectivity index (χ4v) is 3.63. The van der Waals surface area contributed by atoms with Gasteiger partial charge in [-0.2, -0.15) is 0 Å². The van der Waals surface area contributed by atoms with E-state index in [1.807, 2.05) is 0 Å². The van der Waals surface area contributed by atoms with Crippen LogP contribution in [-0.2, 0) is 0 Å². The van der Waals surface area contributed by atoms with Crippen molar-refractivity contribution in [1.82, 2.24) is 5.32 Å². The predicted molar refractivity (Wildman–Crippen MR) is 69.4 cm³/mol. The maximum Gasteiger partial charge on any atom is 0.0306 e. The lowest BCUT2D eigenvalue weighted by atomic mass is 9.81. The maximum atomic E-state index is 6.02. The van der Waals surface area contributed by atoms with Gasteiger partial charge in [0, 0.05) is 18.1 Å². The third-order valence-electron chi connectivity index (χ3n) is 4.68. The minimum atomic E-state index is 0.281. The lowest BCUT2D eigenvalue weighted by molar-refractivity contribution is 0.208. The largest absolute Gasteiger partial charge is 0.329 e. The summed E-state index contributed by atoms with van der Waals surface area (Å²) in [5.41, 5.74) is 6.85. The molecule has 3 N–H and O–H groups in total. The van der Waals surface area contributed by atoms with E-state index in [9.17, 15) is 0 Å². The van der Waals surface area contributed by atoms with E-state index in [0.717, 1.165) is 12.6 Å². The van der Waals surface area contributed by atoms with E-state index in [-0.39, 0.29) is 5.54 Å². The molecule has 2 heteroatoms. The molecule has 0 aromatic carbocycles. The topological polar surface area (TPSA) is 38.0 Å². The quantitative estimate of drug-likeness (QED) is 0.773. The van der Waals surface area contributed by atoms with Crippen molar-refractivity contribution >= 4 is 0 Å². The normalized spacial score (nSPS) is 32.8. The second-order valence-electron chi connectivity index (χ2n) is 6.79. The lowest BCUT2D eigenvalue weighted by Crippen LogP contribution is -2.55. The molecule has 16 heavy (non-hydrogen) atoms. The first-order chi connectivity index (χ1) is 7.55. The fourth-order valence-electron chi connectivity index (χ4n) is 3.63. The molecule has 2 nitrogen and oxygen atoms in total. The van der Waals surface area contributed by atoms with E-state index in [4.69, 9.17) is 5.73 Å². The highest BCUT2D eigenvalue weighted by Gasteiger charge is 2.37. The first-order valence-electron chi connectivity index (χ1n) is 7.03. The zero-order chi connectivity index (χ0) is 11.6. The van der Waals surface area contributed by atoms with Crippen LogP contribution in [0.5, 0.6) is 0 Å². The molecule has 2 aliphatic rings. The molecular weight excluding hydrogens is 196 g/mol. The Kier molecular flexibility index (Phi) is 3.60. The van der Waals surface area contributed by atoms with E-state index < -0.39 is 0 Å². The van der Waals surface area contributed by atoms with Gasteiger partial charge in [-0.3, -0.25) is 0 Å². The molecule has 0 spiro atoms. The van der Waals surface area contributed by atoms with Gasteiger partial charge < -0.3 is 11.1 Å². The van der Waals surface area contributed by atoms with Crippen molar-refractivity contribution < 1.29 is 0 Å². The Bertz CT molecular complexity index is 229. The summed E-state index contributed by atoms with van der Waals surface area (Å²) in [5.74, 6) is 0. The smallest absolute Gasteiger partial charge is 0.0306 e. The third-order valence-corrected chi connectivity index (χ3v) is 4.68. The van der Waals surface area contributed by atoms with Crippen molar-refractivity contribution in [2.24, 2.45) is 11.1 Å². The van der Waals surface area contributed by atoms with E-state index >= 15 is 0 Å². The molecule has 0 radical (unpaired) electrons. The Morgan fingerprint density at radius 3 is 2.31 bits per heavy atom. The summed E-state index contributed by atoms with van der Waals surface area (Å²) in [7, 11) is 0. The molecule has 2 fully saturated rings. The fraction of sp³-hybridized carbons (Fsp3) is 1.00. The Hall–Kier alpha value is -0.0800. The molecule has 0 bridgehead atoms. The van der Waals surface area contributed by atoms with Crippen LogP contribution in [0.25, 0.3) is 0 Å². The summed E-state index contributed by atoms with van der Waals surface area (Å²) in [5, 5.41) is 3.91. The second kappa shape index (κ2) is 4.66. The Balaban J connectivity index is 1.91. The first kappa shape index (κ1) is 12.4. The van der Waals surface area contributed by atoms with Gasteiger partial charge in [0.05, 0.1) is 0 Å². The van der Waals surface area contributed by atoms with E-state index in [0.29, 0.717) is 5.41 Å². The summed E-state index contributed by atoms with van der Waals surface area (Å²) in [6, 6.07) is 0.719. The van der Waals surface area contributed by atoms with Gasteiger partial charge in [0.1, 0.15) is 0 Å². The molecule has 1 atom stereocenters. The monoisotopic (exact) mass is 224 g/mol. The van der Waals surface area contributed by atoms with Crippen LogP contribution in [0.15, 0.2) is 0 Å². The number of nitrogens with one attached hydrogen (secondary N) is 1. The van der Waals surface area contributed by atoms with Crippen molar-refractivity contribution in [2.45, 2.75) is 76.8 Å². The standard InChI is InChI=1S/C14H28N2/c1-13(2)9-6-12(10-13)16-14(11-15)7-4-3-5-8-14/h12,16H,3-11,15H2,1-2H3. The van der Waals surface area contributed by atoms with Gasteiger partial charge in [-0.1, -0.05) is 33.1 Å². The minimum absolute atomic E-state index is 0.281. The number of nitrogens with two attached hydrogens (primary N) is 1. The highest BCUT2D eigenvalue weighted by Crippen LogP contribution is 2.39. The molecule has 2 saturated carbocycles. The molecule has 0 heterocycles. The van der Waals surface area contributed by atoms with Gasteiger partial charge in [0.25, 0.3) is 0 Å². The molecule has 2 aliphatic carbocycles. The Morgan fingerprint density at radius 2 is 1.81 bits per heavy atom. The number of hydrogen-bond acceptors (Lipinski definition) is 2. The highest BCUT2D eigenvalue weighted by atomic mass is 15.0. The summed E-state index contributed by atoms with van der Waals surface area (Å²) in [4.78, 5) is 0. The van der Waals surface area contributed by atoms with Crippen LogP contribution in [0, 0.1) is 5.41 Å². The zero-order valence-corrected chi connectivity index (χ0v) is 11.0. The van der Waals surface area contributed by atoms with Crippen molar-refractivity contribution in [2.75, 3.05) is 6.54 Å². The van der Waals surface area contributed by atoms with Crippen LogP contribution in [-0.4, -0.2) is 18.1 Å². The minimum Gasteiger partial charge on any atom is -0.329 e. The first-order valence-corrected chi connectivity index (χ1v) is 7.03. The van der Waals surface area contributed by atoms with Gasteiger partial charge in [-0.05, 0) is 37.5 Å². The molecule has 0 aromatic heterocycles. The summed E-state index contributed by atoms with van der Waals surface area (Å²) >= 11 is 0. The van der Waals surface area contributed by atoms with Crippen LogP contribution < -0.4 is 11.1 Å². The Labute approximate surface area is 100 Å². The van der Waals surface area contributed by atoms with Crippen LogP contribution in [0.4, 0.5) is 0 Å². The van der Waals surface area contributed by atoms with Crippen LogP contribution in [0.1, 0.15) is 65.2 Å². The SMILES string of the molecule is CC1(C)CCC(NC2(CN)CCCCC2)C1. The number of rotatable bonds is 3. The molecule has 1 unspecified atom stereocenters. The van der Waals surface area contributed by atoms with E-state index in [2.05, 4.69) is 19.2 Å². The average Bonchev–Trinajstić information content (AvgIpc) is 2.59. The maximum absolute atomic E-state index is 6.02. The van der Waals surface area contributed by atoms with Crippen molar-refractivity contribution in [1.29, 1.82) is 0 Å². The van der Waals surface area contributed by atoms with Crippen molar-refractivity contribution in [3.05, 3.63) is 0 Å². The zero-order valence-electron chi connectivity index (χ0n) is 11.0. The molecule has 0 amide bonds. The summed E-state index contributed by atoms with van der Waals surface area (Å²) in [6.45, 7) is 5.61. The average molecular weight is 224 g/mol. The van der Waals surface area contributed by atoms with Gasteiger partial charge in [-0.25, -0.2) is 0 Å².